The summed E-state index contributed by atoms with van der Waals surface area (Å²) in [6.45, 7) is 0.0515. The molecule has 112 valence electrons. The number of rotatable bonds is 3. The maximum Gasteiger partial charge on any atom is 0.200 e. The average Bonchev–Trinajstić information content (AvgIpc) is 2.51. The van der Waals surface area contributed by atoms with Crippen LogP contribution in [0.5, 0.6) is 0 Å². The van der Waals surface area contributed by atoms with E-state index < -0.39 is 34.8 Å². The second kappa shape index (κ2) is 5.69. The predicted octanol–water partition coefficient (Wildman–Crippen LogP) is 3.61. The molecule has 0 saturated carbocycles. The van der Waals surface area contributed by atoms with E-state index in [9.17, 15) is 22.0 Å². The minimum Gasteiger partial charge on any atom is -0.339 e. The van der Waals surface area contributed by atoms with Crippen LogP contribution in [0.25, 0.3) is 0 Å². The molecule has 0 saturated heterocycles. The molecule has 2 N–H and O–H groups in total. The number of benzene rings is 2. The van der Waals surface area contributed by atoms with E-state index in [2.05, 4.69) is 0 Å². The summed E-state index contributed by atoms with van der Waals surface area (Å²) in [5, 5.41) is 0. The molecule has 0 aromatic heterocycles. The zero-order valence-corrected chi connectivity index (χ0v) is 10.9. The average molecular weight is 302 g/mol. The third-order valence-corrected chi connectivity index (χ3v) is 3.09. The highest BCUT2D eigenvalue weighted by Gasteiger charge is 2.28. The van der Waals surface area contributed by atoms with E-state index in [0.29, 0.717) is 5.56 Å². The van der Waals surface area contributed by atoms with Crippen LogP contribution in [0.3, 0.4) is 0 Å². The smallest absolute Gasteiger partial charge is 0.200 e. The van der Waals surface area contributed by atoms with E-state index in [1.807, 2.05) is 0 Å². The summed E-state index contributed by atoms with van der Waals surface area (Å²) < 4.78 is 67.1. The Morgan fingerprint density at radius 1 is 0.857 bits per heavy atom. The third-order valence-electron chi connectivity index (χ3n) is 3.09. The Balaban J connectivity index is 2.67. The zero-order valence-electron chi connectivity index (χ0n) is 10.9. The summed E-state index contributed by atoms with van der Waals surface area (Å²) in [5.74, 6) is -9.93. The molecule has 0 heterocycles. The minimum atomic E-state index is -2.19. The molecule has 21 heavy (non-hydrogen) atoms. The summed E-state index contributed by atoms with van der Waals surface area (Å²) in [6.07, 6.45) is 0. The zero-order chi connectivity index (χ0) is 15.7. The van der Waals surface area contributed by atoms with Crippen molar-refractivity contribution in [1.29, 1.82) is 0 Å². The van der Waals surface area contributed by atoms with Crippen molar-refractivity contribution in [2.45, 2.75) is 6.54 Å². The van der Waals surface area contributed by atoms with E-state index in [0.717, 1.165) is 4.90 Å². The van der Waals surface area contributed by atoms with E-state index in [1.54, 1.807) is 18.2 Å². The molecule has 0 aliphatic carbocycles. The lowest BCUT2D eigenvalue weighted by Crippen LogP contribution is -2.18. The van der Waals surface area contributed by atoms with Gasteiger partial charge in [-0.05, 0) is 11.6 Å². The Kier molecular flexibility index (Phi) is 4.13. The summed E-state index contributed by atoms with van der Waals surface area (Å²) in [7, 11) is 1.20. The first-order valence-corrected chi connectivity index (χ1v) is 5.93. The van der Waals surface area contributed by atoms with Crippen LogP contribution in [-0.4, -0.2) is 7.05 Å². The first-order valence-electron chi connectivity index (χ1n) is 5.93. The van der Waals surface area contributed by atoms with Crippen molar-refractivity contribution >= 4 is 11.4 Å². The van der Waals surface area contributed by atoms with Crippen LogP contribution in [0.15, 0.2) is 24.3 Å². The molecule has 2 rings (SSSR count). The molecule has 2 nitrogen and oxygen atoms in total. The lowest BCUT2D eigenvalue weighted by molar-refractivity contribution is 0.380. The number of anilines is 2. The number of para-hydroxylation sites is 1. The fourth-order valence-corrected chi connectivity index (χ4v) is 2.02. The largest absolute Gasteiger partial charge is 0.339 e. The van der Waals surface area contributed by atoms with Crippen LogP contribution in [0.1, 0.15) is 5.56 Å². The van der Waals surface area contributed by atoms with Gasteiger partial charge in [-0.15, -0.1) is 0 Å². The highest BCUT2D eigenvalue weighted by Crippen LogP contribution is 2.34. The number of nitrogens with two attached hydrogens (primary N) is 1. The predicted molar refractivity (Wildman–Crippen MR) is 68.6 cm³/mol. The van der Waals surface area contributed by atoms with Crippen molar-refractivity contribution in [2.24, 2.45) is 5.73 Å². The number of nitrogens with zero attached hydrogens (tertiary/aromatic N) is 1. The van der Waals surface area contributed by atoms with Crippen LogP contribution in [0.2, 0.25) is 0 Å². The molecule has 0 aliphatic heterocycles. The van der Waals surface area contributed by atoms with Gasteiger partial charge in [0, 0.05) is 19.3 Å². The first kappa shape index (κ1) is 15.2. The van der Waals surface area contributed by atoms with Crippen molar-refractivity contribution < 1.29 is 22.0 Å². The Morgan fingerprint density at radius 2 is 1.33 bits per heavy atom. The Labute approximate surface area is 117 Å². The second-order valence-corrected chi connectivity index (χ2v) is 4.31. The Morgan fingerprint density at radius 3 is 1.86 bits per heavy atom. The van der Waals surface area contributed by atoms with E-state index in [-0.39, 0.29) is 12.2 Å². The SMILES string of the molecule is CN(c1ccccc1CN)c1c(F)c(F)c(F)c(F)c1F. The standard InChI is InChI=1S/C14H11F5N2/c1-21(8-5-3-2-4-7(8)6-20)14-12(18)10(16)9(15)11(17)13(14)19/h2-5H,6,20H2,1H3. The molecule has 2 aromatic rings. The van der Waals surface area contributed by atoms with Crippen molar-refractivity contribution in [3.8, 4) is 0 Å². The quantitative estimate of drug-likeness (QED) is 0.533. The van der Waals surface area contributed by atoms with Gasteiger partial charge in [0.1, 0.15) is 5.69 Å². The van der Waals surface area contributed by atoms with Crippen LogP contribution in [0.4, 0.5) is 33.3 Å². The highest BCUT2D eigenvalue weighted by molar-refractivity contribution is 5.67. The number of hydrogen-bond donors (Lipinski definition) is 1. The van der Waals surface area contributed by atoms with Crippen molar-refractivity contribution in [2.75, 3.05) is 11.9 Å². The molecular formula is C14H11F5N2. The van der Waals surface area contributed by atoms with Gasteiger partial charge in [-0.25, -0.2) is 22.0 Å². The second-order valence-electron chi connectivity index (χ2n) is 4.31. The van der Waals surface area contributed by atoms with Crippen molar-refractivity contribution in [1.82, 2.24) is 0 Å². The van der Waals surface area contributed by atoms with Gasteiger partial charge in [0.2, 0.25) is 5.82 Å². The highest BCUT2D eigenvalue weighted by atomic mass is 19.2. The molecular weight excluding hydrogens is 291 g/mol. The summed E-state index contributed by atoms with van der Waals surface area (Å²) in [6, 6.07) is 6.28. The van der Waals surface area contributed by atoms with Gasteiger partial charge < -0.3 is 10.6 Å². The van der Waals surface area contributed by atoms with Crippen LogP contribution >= 0.6 is 0 Å². The molecule has 0 bridgehead atoms. The molecule has 0 spiro atoms. The van der Waals surface area contributed by atoms with Gasteiger partial charge in [-0.2, -0.15) is 0 Å². The fourth-order valence-electron chi connectivity index (χ4n) is 2.02. The number of hydrogen-bond acceptors (Lipinski definition) is 2. The molecule has 2 aromatic carbocycles. The van der Waals surface area contributed by atoms with Crippen LogP contribution < -0.4 is 10.6 Å². The summed E-state index contributed by atoms with van der Waals surface area (Å²) in [5.41, 5.74) is 5.24. The first-order chi connectivity index (χ1) is 9.90. The van der Waals surface area contributed by atoms with E-state index in [1.165, 1.54) is 13.1 Å². The Bertz CT molecular complexity index is 658. The van der Waals surface area contributed by atoms with Gasteiger partial charge in [-0.3, -0.25) is 0 Å². The monoisotopic (exact) mass is 302 g/mol. The molecule has 0 unspecified atom stereocenters. The minimum absolute atomic E-state index is 0.0515. The van der Waals surface area contributed by atoms with Gasteiger partial charge in [0.25, 0.3) is 0 Å². The van der Waals surface area contributed by atoms with Crippen LogP contribution in [0, 0.1) is 29.1 Å². The van der Waals surface area contributed by atoms with E-state index >= 15 is 0 Å². The van der Waals surface area contributed by atoms with Gasteiger partial charge in [0.05, 0.1) is 0 Å². The maximum atomic E-state index is 13.8. The molecule has 0 aliphatic rings. The van der Waals surface area contributed by atoms with Crippen molar-refractivity contribution in [3.05, 3.63) is 58.9 Å². The maximum absolute atomic E-state index is 13.8. The van der Waals surface area contributed by atoms with Crippen LogP contribution in [-0.2, 0) is 6.54 Å². The van der Waals surface area contributed by atoms with Crippen molar-refractivity contribution in [3.63, 3.8) is 0 Å². The molecule has 0 amide bonds. The lowest BCUT2D eigenvalue weighted by atomic mass is 10.1. The van der Waals surface area contributed by atoms with Gasteiger partial charge >= 0.3 is 0 Å². The molecule has 0 radical (unpaired) electrons. The molecule has 7 heteroatoms. The van der Waals surface area contributed by atoms with Gasteiger partial charge in [0.15, 0.2) is 23.3 Å². The summed E-state index contributed by atoms with van der Waals surface area (Å²) in [4.78, 5) is 0.887. The van der Waals surface area contributed by atoms with E-state index in [4.69, 9.17) is 5.73 Å². The third kappa shape index (κ3) is 2.44. The summed E-state index contributed by atoms with van der Waals surface area (Å²) >= 11 is 0. The number of halogens is 5. The molecule has 0 fully saturated rings. The Hall–Kier alpha value is -2.15. The fraction of sp³-hybridized carbons (Fsp3) is 0.143. The molecule has 0 atom stereocenters. The normalized spacial score (nSPS) is 10.8. The topological polar surface area (TPSA) is 29.3 Å². The lowest BCUT2D eigenvalue weighted by Gasteiger charge is -2.23. The van der Waals surface area contributed by atoms with Gasteiger partial charge in [-0.1, -0.05) is 18.2 Å².